The molecule has 5 heteroatoms. The first-order chi connectivity index (χ1) is 6.02. The maximum absolute atomic E-state index is 11.1. The highest BCUT2D eigenvalue weighted by atomic mass is 79.9. The smallest absolute Gasteiger partial charge is 0.327 e. The number of alkyl halides is 2. The van der Waals surface area contributed by atoms with Crippen LogP contribution < -0.4 is 0 Å². The standard InChI is InChI=1S/C8H12Br2O3/c1-3-5(9)7(11)13-8(12)6(10)4-2/h5-6H,3-4H2,1-2H3/t5-,6-/m0/s1. The lowest BCUT2D eigenvalue weighted by atomic mass is 10.3. The molecule has 0 rings (SSSR count). The van der Waals surface area contributed by atoms with Gasteiger partial charge in [-0.1, -0.05) is 45.7 Å². The van der Waals surface area contributed by atoms with Crippen LogP contribution in [-0.4, -0.2) is 21.6 Å². The van der Waals surface area contributed by atoms with Crippen molar-refractivity contribution < 1.29 is 14.3 Å². The van der Waals surface area contributed by atoms with Crippen LogP contribution in [-0.2, 0) is 14.3 Å². The molecule has 76 valence electrons. The number of esters is 2. The molecule has 0 bridgehead atoms. The van der Waals surface area contributed by atoms with E-state index in [1.54, 1.807) is 0 Å². The second-order valence-electron chi connectivity index (χ2n) is 2.49. The van der Waals surface area contributed by atoms with Crippen molar-refractivity contribution in [3.8, 4) is 0 Å². The molecule has 0 aliphatic carbocycles. The van der Waals surface area contributed by atoms with Gasteiger partial charge in [-0.15, -0.1) is 0 Å². The van der Waals surface area contributed by atoms with Crippen molar-refractivity contribution in [3.63, 3.8) is 0 Å². The van der Waals surface area contributed by atoms with Crippen LogP contribution >= 0.6 is 31.9 Å². The summed E-state index contributed by atoms with van der Waals surface area (Å²) < 4.78 is 4.58. The highest BCUT2D eigenvalue weighted by Gasteiger charge is 2.21. The van der Waals surface area contributed by atoms with Crippen LogP contribution in [0.15, 0.2) is 0 Å². The Bertz CT molecular complexity index is 174. The quantitative estimate of drug-likeness (QED) is 0.454. The second kappa shape index (κ2) is 6.54. The first-order valence-electron chi connectivity index (χ1n) is 4.06. The molecule has 0 heterocycles. The van der Waals surface area contributed by atoms with E-state index in [2.05, 4.69) is 36.6 Å². The Morgan fingerprint density at radius 2 is 1.38 bits per heavy atom. The molecule has 3 nitrogen and oxygen atoms in total. The maximum Gasteiger partial charge on any atom is 0.327 e. The van der Waals surface area contributed by atoms with Gasteiger partial charge in [-0.2, -0.15) is 0 Å². The Labute approximate surface area is 94.5 Å². The molecule has 2 atom stereocenters. The summed E-state index contributed by atoms with van der Waals surface area (Å²) in [6, 6.07) is 0. The molecule has 0 unspecified atom stereocenters. The fourth-order valence-corrected chi connectivity index (χ4v) is 0.747. The van der Waals surface area contributed by atoms with Crippen LogP contribution in [0, 0.1) is 0 Å². The van der Waals surface area contributed by atoms with Gasteiger partial charge in [0.15, 0.2) is 0 Å². The van der Waals surface area contributed by atoms with E-state index >= 15 is 0 Å². The molecule has 0 N–H and O–H groups in total. The van der Waals surface area contributed by atoms with Crippen LogP contribution in [0.25, 0.3) is 0 Å². The number of carbonyl (C=O) groups excluding carboxylic acids is 2. The lowest BCUT2D eigenvalue weighted by Gasteiger charge is -2.08. The van der Waals surface area contributed by atoms with Gasteiger partial charge in [-0.25, -0.2) is 0 Å². The van der Waals surface area contributed by atoms with Gasteiger partial charge < -0.3 is 4.74 Å². The molecule has 0 radical (unpaired) electrons. The number of halogens is 2. The van der Waals surface area contributed by atoms with Crippen LogP contribution in [0.2, 0.25) is 0 Å². The SMILES string of the molecule is CC[C@H](Br)C(=O)OC(=O)[C@@H](Br)CC. The van der Waals surface area contributed by atoms with E-state index in [0.717, 1.165) is 0 Å². The summed E-state index contributed by atoms with van der Waals surface area (Å²) >= 11 is 6.20. The zero-order chi connectivity index (χ0) is 10.4. The lowest BCUT2D eigenvalue weighted by molar-refractivity contribution is -0.158. The average molecular weight is 316 g/mol. The van der Waals surface area contributed by atoms with Gasteiger partial charge >= 0.3 is 11.9 Å². The van der Waals surface area contributed by atoms with Gasteiger partial charge in [0.1, 0.15) is 9.65 Å². The maximum atomic E-state index is 11.1. The molecule has 0 fully saturated rings. The van der Waals surface area contributed by atoms with E-state index in [1.807, 2.05) is 13.8 Å². The third-order valence-electron chi connectivity index (χ3n) is 1.43. The number of hydrogen-bond acceptors (Lipinski definition) is 3. The summed E-state index contributed by atoms with van der Waals surface area (Å²) in [4.78, 5) is 21.4. The molecule has 0 aromatic carbocycles. The molecule has 0 saturated heterocycles. The molecule has 0 amide bonds. The van der Waals surface area contributed by atoms with Crippen molar-refractivity contribution in [1.82, 2.24) is 0 Å². The summed E-state index contributed by atoms with van der Waals surface area (Å²) in [5.74, 6) is -1.05. The van der Waals surface area contributed by atoms with Gasteiger partial charge in [0.05, 0.1) is 0 Å². The molecular weight excluding hydrogens is 304 g/mol. The van der Waals surface area contributed by atoms with Crippen molar-refractivity contribution >= 4 is 43.8 Å². The monoisotopic (exact) mass is 314 g/mol. The normalized spacial score (nSPS) is 14.8. The number of rotatable bonds is 4. The summed E-state index contributed by atoms with van der Waals surface area (Å²) in [6.07, 6.45) is 1.20. The fourth-order valence-electron chi connectivity index (χ4n) is 0.560. The van der Waals surface area contributed by atoms with Crippen molar-refractivity contribution in [3.05, 3.63) is 0 Å². The van der Waals surface area contributed by atoms with Crippen LogP contribution in [0.3, 0.4) is 0 Å². The van der Waals surface area contributed by atoms with E-state index in [-0.39, 0.29) is 0 Å². The molecule has 0 aromatic rings. The van der Waals surface area contributed by atoms with E-state index in [0.29, 0.717) is 12.8 Å². The minimum absolute atomic E-state index is 0.395. The third kappa shape index (κ3) is 4.76. The first kappa shape index (κ1) is 13.1. The number of carbonyl (C=O) groups is 2. The largest absolute Gasteiger partial charge is 0.391 e. The van der Waals surface area contributed by atoms with Crippen LogP contribution in [0.5, 0.6) is 0 Å². The summed E-state index contributed by atoms with van der Waals surface area (Å²) in [7, 11) is 0. The van der Waals surface area contributed by atoms with Crippen molar-refractivity contribution in [1.29, 1.82) is 0 Å². The number of ether oxygens (including phenoxy) is 1. The van der Waals surface area contributed by atoms with Gasteiger partial charge in [0.2, 0.25) is 0 Å². The highest BCUT2D eigenvalue weighted by Crippen LogP contribution is 2.11. The van der Waals surface area contributed by atoms with Gasteiger partial charge in [-0.3, -0.25) is 9.59 Å². The second-order valence-corrected chi connectivity index (χ2v) is 4.70. The Morgan fingerprint density at radius 3 is 1.62 bits per heavy atom. The van der Waals surface area contributed by atoms with Gasteiger partial charge in [0.25, 0.3) is 0 Å². The minimum atomic E-state index is -0.523. The summed E-state index contributed by atoms with van der Waals surface area (Å²) in [6.45, 7) is 3.66. The Kier molecular flexibility index (Phi) is 6.59. The molecule has 13 heavy (non-hydrogen) atoms. The highest BCUT2D eigenvalue weighted by molar-refractivity contribution is 9.10. The molecule has 0 aromatic heterocycles. The fraction of sp³-hybridized carbons (Fsp3) is 0.750. The third-order valence-corrected chi connectivity index (χ3v) is 3.47. The molecule has 0 aliphatic rings. The average Bonchev–Trinajstić information content (AvgIpc) is 2.14. The van der Waals surface area contributed by atoms with Crippen molar-refractivity contribution in [2.24, 2.45) is 0 Å². The van der Waals surface area contributed by atoms with Crippen molar-refractivity contribution in [2.75, 3.05) is 0 Å². The summed E-state index contributed by atoms with van der Waals surface area (Å²) in [5, 5.41) is 0. The Hall–Kier alpha value is 0.1000. The minimum Gasteiger partial charge on any atom is -0.391 e. The van der Waals surface area contributed by atoms with Crippen LogP contribution in [0.1, 0.15) is 26.7 Å². The molecular formula is C8H12Br2O3. The zero-order valence-electron chi connectivity index (χ0n) is 7.55. The Morgan fingerprint density at radius 1 is 1.08 bits per heavy atom. The van der Waals surface area contributed by atoms with Gasteiger partial charge in [-0.05, 0) is 12.8 Å². The predicted octanol–water partition coefficient (Wildman–Crippen LogP) is 2.40. The zero-order valence-corrected chi connectivity index (χ0v) is 10.7. The number of hydrogen-bond donors (Lipinski definition) is 0. The Balaban J connectivity index is 3.99. The van der Waals surface area contributed by atoms with Gasteiger partial charge in [0, 0.05) is 0 Å². The topological polar surface area (TPSA) is 43.4 Å². The van der Waals surface area contributed by atoms with E-state index in [9.17, 15) is 9.59 Å². The van der Waals surface area contributed by atoms with Crippen molar-refractivity contribution in [2.45, 2.75) is 36.3 Å². The molecule has 0 aliphatic heterocycles. The molecule has 0 saturated carbocycles. The lowest BCUT2D eigenvalue weighted by Crippen LogP contribution is -2.25. The molecule has 0 spiro atoms. The summed E-state index contributed by atoms with van der Waals surface area (Å²) in [5.41, 5.74) is 0. The van der Waals surface area contributed by atoms with E-state index < -0.39 is 21.6 Å². The van der Waals surface area contributed by atoms with Crippen LogP contribution in [0.4, 0.5) is 0 Å². The predicted molar refractivity (Wildman–Crippen MR) is 57.1 cm³/mol. The van der Waals surface area contributed by atoms with E-state index in [1.165, 1.54) is 0 Å². The first-order valence-corrected chi connectivity index (χ1v) is 5.89. The van der Waals surface area contributed by atoms with E-state index in [4.69, 9.17) is 0 Å².